The minimum Gasteiger partial charge on any atom is -0.375 e. The number of carbonyl (C=O) groups excluding carboxylic acids is 1. The first-order valence-corrected chi connectivity index (χ1v) is 8.98. The number of fused-ring (bicyclic) bond motifs is 1. The first-order chi connectivity index (χ1) is 12.9. The maximum atomic E-state index is 12.6. The van der Waals surface area contributed by atoms with Crippen molar-refractivity contribution in [2.24, 2.45) is 7.05 Å². The quantitative estimate of drug-likeness (QED) is 0.448. The van der Waals surface area contributed by atoms with Crippen molar-refractivity contribution in [2.75, 3.05) is 7.05 Å². The summed E-state index contributed by atoms with van der Waals surface area (Å²) in [5.74, 6) is -0.288. The molecule has 2 heterocycles. The summed E-state index contributed by atoms with van der Waals surface area (Å²) >= 11 is 5.78. The third-order valence-electron chi connectivity index (χ3n) is 4.65. The van der Waals surface area contributed by atoms with Crippen LogP contribution in [0.4, 0.5) is 0 Å². The smallest absolute Gasteiger partial charge is 0.254 e. The van der Waals surface area contributed by atoms with E-state index in [0.717, 1.165) is 41.7 Å². The third-order valence-corrected chi connectivity index (χ3v) is 4.83. The molecule has 0 fully saturated rings. The van der Waals surface area contributed by atoms with Crippen LogP contribution in [0.2, 0.25) is 5.28 Å². The molecule has 27 heavy (non-hydrogen) atoms. The number of nitrogens with one attached hydrogen (secondary N) is 2. The fraction of sp³-hybridized carbons (Fsp3) is 0.389. The van der Waals surface area contributed by atoms with E-state index in [1.165, 1.54) is 0 Å². The summed E-state index contributed by atoms with van der Waals surface area (Å²) in [5, 5.41) is 10.8. The maximum Gasteiger partial charge on any atom is 0.254 e. The number of amides is 1. The van der Waals surface area contributed by atoms with Crippen molar-refractivity contribution in [1.82, 2.24) is 29.7 Å². The Kier molecular flexibility index (Phi) is 5.55. The zero-order chi connectivity index (χ0) is 19.6. The molecule has 0 unspecified atom stereocenters. The Bertz CT molecular complexity index is 905. The Labute approximate surface area is 162 Å². The Morgan fingerprint density at radius 3 is 3.00 bits per heavy atom. The molecule has 0 bridgehead atoms. The predicted octanol–water partition coefficient (Wildman–Crippen LogP) is 1.94. The van der Waals surface area contributed by atoms with Crippen LogP contribution in [0.1, 0.15) is 35.1 Å². The van der Waals surface area contributed by atoms with Gasteiger partial charge in [0.1, 0.15) is 0 Å². The van der Waals surface area contributed by atoms with Crippen LogP contribution in [0.3, 0.4) is 0 Å². The molecule has 8 nitrogen and oxygen atoms in total. The standard InChI is InChI=1S/C18H22ClN7O/c1-11-13(7-21-18(19)23-11)9-25(2)8-12(6-20)17(27)24-14-4-5-15-16(14)22-10-26(15)3/h6-8,10,14,20H,4-5,9H2,1-3H3,(H,24,27)/b12-8+,20-6?/t14-/m1/s1. The molecule has 0 spiro atoms. The van der Waals surface area contributed by atoms with Crippen molar-refractivity contribution in [1.29, 1.82) is 5.41 Å². The number of aryl methyl sites for hydroxylation is 2. The molecule has 2 N–H and O–H groups in total. The summed E-state index contributed by atoms with van der Waals surface area (Å²) in [7, 11) is 3.79. The SMILES string of the molecule is Cc1nc(Cl)ncc1CN(C)/C=C(\C=N)C(=O)N[C@@H]1CCc2c1ncn2C. The first-order valence-electron chi connectivity index (χ1n) is 8.60. The number of rotatable bonds is 6. The summed E-state index contributed by atoms with van der Waals surface area (Å²) in [6.45, 7) is 2.36. The van der Waals surface area contributed by atoms with Gasteiger partial charge in [0.05, 0.1) is 23.6 Å². The van der Waals surface area contributed by atoms with Gasteiger partial charge in [-0.05, 0) is 31.4 Å². The second kappa shape index (κ2) is 7.87. The van der Waals surface area contributed by atoms with E-state index in [2.05, 4.69) is 20.3 Å². The number of imidazole rings is 1. The highest BCUT2D eigenvalue weighted by Gasteiger charge is 2.28. The van der Waals surface area contributed by atoms with E-state index in [4.69, 9.17) is 17.0 Å². The zero-order valence-electron chi connectivity index (χ0n) is 15.5. The fourth-order valence-electron chi connectivity index (χ4n) is 3.20. The van der Waals surface area contributed by atoms with E-state index < -0.39 is 0 Å². The van der Waals surface area contributed by atoms with Crippen LogP contribution in [-0.4, -0.2) is 43.6 Å². The van der Waals surface area contributed by atoms with Gasteiger partial charge >= 0.3 is 0 Å². The van der Waals surface area contributed by atoms with Crippen LogP contribution in [-0.2, 0) is 24.8 Å². The van der Waals surface area contributed by atoms with E-state index in [1.807, 2.05) is 30.5 Å². The molecule has 0 saturated carbocycles. The van der Waals surface area contributed by atoms with Crippen molar-refractivity contribution in [3.63, 3.8) is 0 Å². The zero-order valence-corrected chi connectivity index (χ0v) is 16.3. The minimum atomic E-state index is -0.288. The average Bonchev–Trinajstić information content (AvgIpc) is 3.19. The lowest BCUT2D eigenvalue weighted by molar-refractivity contribution is -0.117. The molecule has 0 saturated heterocycles. The molecule has 0 aromatic carbocycles. The van der Waals surface area contributed by atoms with E-state index in [1.54, 1.807) is 18.7 Å². The number of nitrogens with zero attached hydrogens (tertiary/aromatic N) is 5. The van der Waals surface area contributed by atoms with Crippen LogP contribution in [0.25, 0.3) is 0 Å². The number of carbonyl (C=O) groups is 1. The van der Waals surface area contributed by atoms with E-state index in [-0.39, 0.29) is 22.8 Å². The van der Waals surface area contributed by atoms with Gasteiger partial charge in [0.2, 0.25) is 5.28 Å². The molecule has 1 aliphatic carbocycles. The molecular weight excluding hydrogens is 366 g/mol. The maximum absolute atomic E-state index is 12.6. The number of hydrogen-bond donors (Lipinski definition) is 2. The monoisotopic (exact) mass is 387 g/mol. The van der Waals surface area contributed by atoms with Crippen LogP contribution in [0.5, 0.6) is 0 Å². The number of aromatic nitrogens is 4. The molecule has 0 aliphatic heterocycles. The summed E-state index contributed by atoms with van der Waals surface area (Å²) in [6.07, 6.45) is 7.84. The first kappa shape index (κ1) is 19.0. The van der Waals surface area contributed by atoms with E-state index >= 15 is 0 Å². The van der Waals surface area contributed by atoms with Gasteiger partial charge in [-0.1, -0.05) is 0 Å². The van der Waals surface area contributed by atoms with Gasteiger partial charge in [-0.2, -0.15) is 0 Å². The number of halogens is 1. The molecule has 0 radical (unpaired) electrons. The minimum absolute atomic E-state index is 0.116. The molecule has 9 heteroatoms. The highest BCUT2D eigenvalue weighted by molar-refractivity contribution is 6.28. The van der Waals surface area contributed by atoms with Crippen LogP contribution < -0.4 is 5.32 Å². The largest absolute Gasteiger partial charge is 0.375 e. The average molecular weight is 388 g/mol. The molecule has 1 amide bonds. The Balaban J connectivity index is 1.68. The third kappa shape index (κ3) is 4.16. The molecule has 1 aliphatic rings. The lowest BCUT2D eigenvalue weighted by Gasteiger charge is -2.17. The normalized spacial score (nSPS) is 16.1. The summed E-state index contributed by atoms with van der Waals surface area (Å²) in [6, 6.07) is -0.116. The van der Waals surface area contributed by atoms with Crippen LogP contribution in [0, 0.1) is 12.3 Å². The van der Waals surface area contributed by atoms with Gasteiger partial charge in [0, 0.05) is 56.2 Å². The van der Waals surface area contributed by atoms with Crippen LogP contribution >= 0.6 is 11.6 Å². The van der Waals surface area contributed by atoms with Crippen molar-refractivity contribution >= 4 is 23.7 Å². The van der Waals surface area contributed by atoms with Crippen molar-refractivity contribution in [2.45, 2.75) is 32.4 Å². The molecular formula is C18H22ClN7O. The molecule has 3 rings (SSSR count). The summed E-state index contributed by atoms with van der Waals surface area (Å²) < 4.78 is 1.99. The van der Waals surface area contributed by atoms with Gasteiger partial charge < -0.3 is 20.2 Å². The summed E-state index contributed by atoms with van der Waals surface area (Å²) in [4.78, 5) is 26.9. The fourth-order valence-corrected chi connectivity index (χ4v) is 3.38. The van der Waals surface area contributed by atoms with Crippen LogP contribution in [0.15, 0.2) is 24.3 Å². The Morgan fingerprint density at radius 2 is 2.30 bits per heavy atom. The lowest BCUT2D eigenvalue weighted by Crippen LogP contribution is -2.30. The van der Waals surface area contributed by atoms with Crippen molar-refractivity contribution in [3.05, 3.63) is 52.2 Å². The lowest BCUT2D eigenvalue weighted by atomic mass is 10.2. The Hall–Kier alpha value is -2.74. The van der Waals surface area contributed by atoms with E-state index in [9.17, 15) is 4.79 Å². The van der Waals surface area contributed by atoms with E-state index in [0.29, 0.717) is 6.54 Å². The van der Waals surface area contributed by atoms with Crippen molar-refractivity contribution in [3.8, 4) is 0 Å². The molecule has 2 aromatic heterocycles. The molecule has 1 atom stereocenters. The number of hydrogen-bond acceptors (Lipinski definition) is 6. The second-order valence-electron chi connectivity index (χ2n) is 6.65. The highest BCUT2D eigenvalue weighted by Crippen LogP contribution is 2.29. The second-order valence-corrected chi connectivity index (χ2v) is 6.98. The Morgan fingerprint density at radius 1 is 1.52 bits per heavy atom. The highest BCUT2D eigenvalue weighted by atomic mass is 35.5. The summed E-state index contributed by atoms with van der Waals surface area (Å²) in [5.41, 5.74) is 4.02. The van der Waals surface area contributed by atoms with Gasteiger partial charge in [-0.25, -0.2) is 15.0 Å². The van der Waals surface area contributed by atoms with Gasteiger partial charge in [-0.3, -0.25) is 4.79 Å². The van der Waals surface area contributed by atoms with Gasteiger partial charge in [-0.15, -0.1) is 0 Å². The molecule has 2 aromatic rings. The topological polar surface area (TPSA) is 99.8 Å². The molecule has 142 valence electrons. The van der Waals surface area contributed by atoms with Crippen molar-refractivity contribution < 1.29 is 4.79 Å². The van der Waals surface area contributed by atoms with Gasteiger partial charge in [0.25, 0.3) is 5.91 Å². The predicted molar refractivity (Wildman–Crippen MR) is 103 cm³/mol. The van der Waals surface area contributed by atoms with Gasteiger partial charge in [0.15, 0.2) is 0 Å².